The summed E-state index contributed by atoms with van der Waals surface area (Å²) in [4.78, 5) is 0. The van der Waals surface area contributed by atoms with Crippen molar-refractivity contribution in [3.05, 3.63) is 29.8 Å². The molecule has 2 heteroatoms. The second-order valence-electron chi connectivity index (χ2n) is 3.69. The predicted octanol–water partition coefficient (Wildman–Crippen LogP) is 3.07. The molecule has 0 unspecified atom stereocenters. The normalized spacial score (nSPS) is 14.2. The Kier molecular flexibility index (Phi) is 3.53. The molecule has 0 atom stereocenters. The van der Waals surface area contributed by atoms with Gasteiger partial charge in [-0.25, -0.2) is 0 Å². The minimum Gasteiger partial charge on any atom is -0.492 e. The molecule has 0 bridgehead atoms. The molecule has 0 aromatic heterocycles. The third-order valence-electron chi connectivity index (χ3n) is 2.35. The predicted molar refractivity (Wildman–Crippen MR) is 62.3 cm³/mol. The fraction of sp³-hybridized carbons (Fsp3) is 0.385. The van der Waals surface area contributed by atoms with Gasteiger partial charge in [-0.2, -0.15) is 0 Å². The van der Waals surface area contributed by atoms with Crippen LogP contribution in [0.4, 0.5) is 0 Å². The fourth-order valence-corrected chi connectivity index (χ4v) is 1.38. The van der Waals surface area contributed by atoms with Crippen molar-refractivity contribution in [3.63, 3.8) is 0 Å². The van der Waals surface area contributed by atoms with E-state index in [-0.39, 0.29) is 0 Å². The standard InChI is InChI=1S/C13H13ClO/c14-9-3-5-12-4-1-2-6-13(12)15-10-11-7-8-11/h1-2,4,6,11H,7-10H2. The summed E-state index contributed by atoms with van der Waals surface area (Å²) >= 11 is 5.53. The van der Waals surface area contributed by atoms with Gasteiger partial charge < -0.3 is 4.74 Å². The number of halogens is 1. The zero-order chi connectivity index (χ0) is 10.5. The van der Waals surface area contributed by atoms with Crippen LogP contribution >= 0.6 is 11.6 Å². The Hall–Kier alpha value is -1.13. The molecule has 1 saturated carbocycles. The van der Waals surface area contributed by atoms with E-state index in [0.717, 1.165) is 23.8 Å². The molecular formula is C13H13ClO. The molecule has 1 fully saturated rings. The number of alkyl halides is 1. The summed E-state index contributed by atoms with van der Waals surface area (Å²) in [7, 11) is 0. The van der Waals surface area contributed by atoms with Crippen LogP contribution in [0.3, 0.4) is 0 Å². The molecule has 1 nitrogen and oxygen atoms in total. The highest BCUT2D eigenvalue weighted by molar-refractivity contribution is 6.19. The lowest BCUT2D eigenvalue weighted by Gasteiger charge is -2.06. The summed E-state index contributed by atoms with van der Waals surface area (Å²) in [6.07, 6.45) is 2.60. The highest BCUT2D eigenvalue weighted by atomic mass is 35.5. The Labute approximate surface area is 95.4 Å². The molecule has 0 aliphatic heterocycles. The van der Waals surface area contributed by atoms with Gasteiger partial charge in [-0.05, 0) is 30.9 Å². The number of hydrogen-bond donors (Lipinski definition) is 0. The molecule has 0 amide bonds. The highest BCUT2D eigenvalue weighted by Crippen LogP contribution is 2.30. The molecule has 1 aromatic rings. The van der Waals surface area contributed by atoms with Crippen molar-refractivity contribution in [1.29, 1.82) is 0 Å². The molecule has 15 heavy (non-hydrogen) atoms. The van der Waals surface area contributed by atoms with Crippen LogP contribution < -0.4 is 4.74 Å². The van der Waals surface area contributed by atoms with Gasteiger partial charge in [0.05, 0.1) is 18.1 Å². The first kappa shape index (κ1) is 10.4. The number of ether oxygens (including phenoxy) is 1. The minimum absolute atomic E-state index is 0.358. The van der Waals surface area contributed by atoms with E-state index >= 15 is 0 Å². The molecule has 0 radical (unpaired) electrons. The third kappa shape index (κ3) is 3.18. The summed E-state index contributed by atoms with van der Waals surface area (Å²) in [5, 5.41) is 0. The van der Waals surface area contributed by atoms with E-state index in [1.807, 2.05) is 24.3 Å². The zero-order valence-electron chi connectivity index (χ0n) is 8.50. The van der Waals surface area contributed by atoms with Gasteiger partial charge >= 0.3 is 0 Å². The SMILES string of the molecule is ClCC#Cc1ccccc1OCC1CC1. The summed E-state index contributed by atoms with van der Waals surface area (Å²) in [6.45, 7) is 0.819. The van der Waals surface area contributed by atoms with Gasteiger partial charge in [0.25, 0.3) is 0 Å². The third-order valence-corrected chi connectivity index (χ3v) is 2.48. The largest absolute Gasteiger partial charge is 0.492 e. The number of rotatable bonds is 3. The van der Waals surface area contributed by atoms with Crippen LogP contribution in [0, 0.1) is 17.8 Å². The molecule has 0 spiro atoms. The topological polar surface area (TPSA) is 9.23 Å². The Morgan fingerprint density at radius 3 is 2.87 bits per heavy atom. The number of hydrogen-bond acceptors (Lipinski definition) is 1. The van der Waals surface area contributed by atoms with Gasteiger partial charge in [0.15, 0.2) is 0 Å². The van der Waals surface area contributed by atoms with Crippen LogP contribution in [0.25, 0.3) is 0 Å². The average Bonchev–Trinajstić information content (AvgIpc) is 3.08. The first-order chi connectivity index (χ1) is 7.40. The van der Waals surface area contributed by atoms with E-state index in [9.17, 15) is 0 Å². The zero-order valence-corrected chi connectivity index (χ0v) is 9.26. The van der Waals surface area contributed by atoms with Crippen molar-refractivity contribution in [2.24, 2.45) is 5.92 Å². The summed E-state index contributed by atoms with van der Waals surface area (Å²) < 4.78 is 5.71. The first-order valence-electron chi connectivity index (χ1n) is 5.17. The molecular weight excluding hydrogens is 208 g/mol. The molecule has 1 aromatic carbocycles. The van der Waals surface area contributed by atoms with E-state index in [4.69, 9.17) is 16.3 Å². The van der Waals surface area contributed by atoms with Crippen LogP contribution in [-0.4, -0.2) is 12.5 Å². The maximum Gasteiger partial charge on any atom is 0.134 e. The second kappa shape index (κ2) is 5.09. The van der Waals surface area contributed by atoms with Gasteiger partial charge in [0.1, 0.15) is 5.75 Å². The maximum atomic E-state index is 5.71. The van der Waals surface area contributed by atoms with Crippen molar-refractivity contribution >= 4 is 11.6 Å². The molecule has 1 aliphatic carbocycles. The molecule has 0 heterocycles. The minimum atomic E-state index is 0.358. The molecule has 0 N–H and O–H groups in total. The average molecular weight is 221 g/mol. The van der Waals surface area contributed by atoms with Gasteiger partial charge in [-0.3, -0.25) is 0 Å². The van der Waals surface area contributed by atoms with Crippen molar-refractivity contribution in [2.75, 3.05) is 12.5 Å². The summed E-state index contributed by atoms with van der Waals surface area (Å²) in [6, 6.07) is 7.85. The van der Waals surface area contributed by atoms with Crippen molar-refractivity contribution in [3.8, 4) is 17.6 Å². The first-order valence-corrected chi connectivity index (χ1v) is 5.70. The van der Waals surface area contributed by atoms with E-state index in [1.54, 1.807) is 0 Å². The Balaban J connectivity index is 2.05. The second-order valence-corrected chi connectivity index (χ2v) is 3.95. The van der Waals surface area contributed by atoms with E-state index in [0.29, 0.717) is 5.88 Å². The summed E-state index contributed by atoms with van der Waals surface area (Å²) in [5.41, 5.74) is 0.929. The molecule has 1 aliphatic rings. The van der Waals surface area contributed by atoms with Crippen LogP contribution in [0.15, 0.2) is 24.3 Å². The van der Waals surface area contributed by atoms with Gasteiger partial charge in [0.2, 0.25) is 0 Å². The van der Waals surface area contributed by atoms with Gasteiger partial charge in [-0.1, -0.05) is 24.0 Å². The lowest BCUT2D eigenvalue weighted by molar-refractivity contribution is 0.299. The summed E-state index contributed by atoms with van der Waals surface area (Å²) in [5.74, 6) is 7.84. The van der Waals surface area contributed by atoms with Gasteiger partial charge in [-0.15, -0.1) is 11.6 Å². The highest BCUT2D eigenvalue weighted by Gasteiger charge is 2.22. The quantitative estimate of drug-likeness (QED) is 0.562. The molecule has 0 saturated heterocycles. The Morgan fingerprint density at radius 2 is 2.13 bits per heavy atom. The van der Waals surface area contributed by atoms with Crippen LogP contribution in [0.2, 0.25) is 0 Å². The smallest absolute Gasteiger partial charge is 0.134 e. The van der Waals surface area contributed by atoms with Crippen LogP contribution in [-0.2, 0) is 0 Å². The lowest BCUT2D eigenvalue weighted by Crippen LogP contribution is -2.00. The Morgan fingerprint density at radius 1 is 1.33 bits per heavy atom. The number of benzene rings is 1. The van der Waals surface area contributed by atoms with Crippen molar-refractivity contribution < 1.29 is 4.74 Å². The molecule has 78 valence electrons. The lowest BCUT2D eigenvalue weighted by atomic mass is 10.2. The van der Waals surface area contributed by atoms with Crippen LogP contribution in [0.1, 0.15) is 18.4 Å². The number of para-hydroxylation sites is 1. The van der Waals surface area contributed by atoms with E-state index < -0.39 is 0 Å². The fourth-order valence-electron chi connectivity index (χ4n) is 1.32. The van der Waals surface area contributed by atoms with Gasteiger partial charge in [0, 0.05) is 0 Å². The maximum absolute atomic E-state index is 5.71. The van der Waals surface area contributed by atoms with E-state index in [2.05, 4.69) is 11.8 Å². The van der Waals surface area contributed by atoms with Crippen molar-refractivity contribution in [2.45, 2.75) is 12.8 Å². The molecule has 2 rings (SSSR count). The Bertz CT molecular complexity index is 385. The van der Waals surface area contributed by atoms with Crippen molar-refractivity contribution in [1.82, 2.24) is 0 Å². The van der Waals surface area contributed by atoms with E-state index in [1.165, 1.54) is 12.8 Å². The van der Waals surface area contributed by atoms with Crippen LogP contribution in [0.5, 0.6) is 5.75 Å². The monoisotopic (exact) mass is 220 g/mol.